The molecule has 0 radical (unpaired) electrons. The van der Waals surface area contributed by atoms with Crippen molar-refractivity contribution >= 4 is 22.6 Å². The van der Waals surface area contributed by atoms with E-state index in [4.69, 9.17) is 15.1 Å². The van der Waals surface area contributed by atoms with Crippen LogP contribution in [0, 0.1) is 12.3 Å². The Morgan fingerprint density at radius 3 is 2.66 bits per heavy atom. The van der Waals surface area contributed by atoms with Gasteiger partial charge in [0.1, 0.15) is 11.1 Å². The third-order valence-electron chi connectivity index (χ3n) is 6.34. The van der Waals surface area contributed by atoms with Crippen LogP contribution in [0.15, 0.2) is 59.5 Å². The van der Waals surface area contributed by atoms with Gasteiger partial charge in [-0.15, -0.1) is 0 Å². The van der Waals surface area contributed by atoms with Crippen molar-refractivity contribution in [3.8, 4) is 5.69 Å². The number of aromatic nitrogens is 3. The third kappa shape index (κ3) is 4.48. The summed E-state index contributed by atoms with van der Waals surface area (Å²) in [6.07, 6.45) is 2.46. The number of fused-ring (bicyclic) bond motifs is 2. The molecule has 0 saturated carbocycles. The number of nitrogens with one attached hydrogen (secondary N) is 2. The molecule has 0 aliphatic carbocycles. The molecule has 4 aromatic rings. The number of rotatable bonds is 6. The Bertz CT molecular complexity index is 1500. The SMILES string of the molecule is Cc1cccn2c(=O)c3cc(C(=O)NCCCN4CCOCC4)c(=N)n(-c4ccccc4)c3nc12. The summed E-state index contributed by atoms with van der Waals surface area (Å²) in [4.78, 5) is 33.7. The molecular weight excluding hydrogens is 444 g/mol. The van der Waals surface area contributed by atoms with Gasteiger partial charge in [-0.3, -0.25) is 28.9 Å². The fourth-order valence-corrected chi connectivity index (χ4v) is 4.46. The number of nitrogens with zero attached hydrogens (tertiary/aromatic N) is 4. The van der Waals surface area contributed by atoms with Crippen molar-refractivity contribution in [3.05, 3.63) is 81.7 Å². The van der Waals surface area contributed by atoms with Crippen LogP contribution in [0.4, 0.5) is 0 Å². The van der Waals surface area contributed by atoms with Crippen LogP contribution in [-0.2, 0) is 4.74 Å². The molecule has 0 unspecified atom stereocenters. The highest BCUT2D eigenvalue weighted by Gasteiger charge is 2.19. The van der Waals surface area contributed by atoms with Crippen molar-refractivity contribution in [1.29, 1.82) is 5.41 Å². The minimum Gasteiger partial charge on any atom is -0.379 e. The number of aryl methyl sites for hydroxylation is 1. The van der Waals surface area contributed by atoms with Crippen LogP contribution in [-0.4, -0.2) is 64.2 Å². The molecule has 9 nitrogen and oxygen atoms in total. The van der Waals surface area contributed by atoms with E-state index in [1.54, 1.807) is 16.8 Å². The summed E-state index contributed by atoms with van der Waals surface area (Å²) >= 11 is 0. The molecule has 0 atom stereocenters. The van der Waals surface area contributed by atoms with Crippen LogP contribution in [0.2, 0.25) is 0 Å². The second-order valence-corrected chi connectivity index (χ2v) is 8.68. The molecule has 1 saturated heterocycles. The lowest BCUT2D eigenvalue weighted by Crippen LogP contribution is -2.39. The fraction of sp³-hybridized carbons (Fsp3) is 0.308. The van der Waals surface area contributed by atoms with Crippen LogP contribution in [0.25, 0.3) is 22.4 Å². The summed E-state index contributed by atoms with van der Waals surface area (Å²) in [6, 6.07) is 14.4. The highest BCUT2D eigenvalue weighted by Crippen LogP contribution is 2.16. The molecule has 1 aromatic carbocycles. The maximum absolute atomic E-state index is 13.4. The third-order valence-corrected chi connectivity index (χ3v) is 6.34. The predicted molar refractivity (Wildman–Crippen MR) is 133 cm³/mol. The second-order valence-electron chi connectivity index (χ2n) is 8.68. The quantitative estimate of drug-likeness (QED) is 0.329. The Balaban J connectivity index is 1.55. The van der Waals surface area contributed by atoms with E-state index in [9.17, 15) is 9.59 Å². The Hall–Kier alpha value is -3.82. The highest BCUT2D eigenvalue weighted by atomic mass is 16.5. The lowest BCUT2D eigenvalue weighted by molar-refractivity contribution is 0.0374. The zero-order chi connectivity index (χ0) is 24.4. The standard InChI is InChI=1S/C26H28N6O3/c1-18-7-5-12-31-23(18)29-24-21(26(31)34)17-20(22(27)32(24)19-8-3-2-4-9-19)25(33)28-10-6-11-30-13-15-35-16-14-30/h2-5,7-9,12,17,27H,6,10-11,13-16H2,1H3,(H,28,33). The number of benzene rings is 1. The van der Waals surface area contributed by atoms with Gasteiger partial charge in [-0.1, -0.05) is 24.3 Å². The lowest BCUT2D eigenvalue weighted by Gasteiger charge is -2.26. The summed E-state index contributed by atoms with van der Waals surface area (Å²) < 4.78 is 8.44. The molecule has 9 heteroatoms. The van der Waals surface area contributed by atoms with E-state index in [1.807, 2.05) is 43.3 Å². The van der Waals surface area contributed by atoms with Gasteiger partial charge >= 0.3 is 0 Å². The fourth-order valence-electron chi connectivity index (χ4n) is 4.46. The van der Waals surface area contributed by atoms with Gasteiger partial charge in [-0.25, -0.2) is 4.98 Å². The number of amides is 1. The zero-order valence-electron chi connectivity index (χ0n) is 19.7. The Kier molecular flexibility index (Phi) is 6.43. The number of carbonyl (C=O) groups excluding carboxylic acids is 1. The first-order valence-electron chi connectivity index (χ1n) is 11.8. The van der Waals surface area contributed by atoms with Crippen LogP contribution < -0.4 is 16.4 Å². The maximum Gasteiger partial charge on any atom is 0.267 e. The monoisotopic (exact) mass is 472 g/mol. The summed E-state index contributed by atoms with van der Waals surface area (Å²) in [7, 11) is 0. The molecule has 0 spiro atoms. The van der Waals surface area contributed by atoms with Gasteiger partial charge in [-0.05, 0) is 49.7 Å². The van der Waals surface area contributed by atoms with Gasteiger partial charge in [0.05, 0.1) is 24.2 Å². The Morgan fingerprint density at radius 2 is 1.89 bits per heavy atom. The molecule has 180 valence electrons. The Morgan fingerprint density at radius 1 is 1.11 bits per heavy atom. The van der Waals surface area contributed by atoms with E-state index >= 15 is 0 Å². The van der Waals surface area contributed by atoms with E-state index in [-0.39, 0.29) is 27.9 Å². The second kappa shape index (κ2) is 9.81. The van der Waals surface area contributed by atoms with E-state index in [0.29, 0.717) is 23.5 Å². The largest absolute Gasteiger partial charge is 0.379 e. The average Bonchev–Trinajstić information content (AvgIpc) is 2.88. The van der Waals surface area contributed by atoms with Crippen LogP contribution in [0.1, 0.15) is 22.3 Å². The van der Waals surface area contributed by atoms with E-state index in [2.05, 4.69) is 10.2 Å². The van der Waals surface area contributed by atoms with E-state index < -0.39 is 0 Å². The first-order chi connectivity index (χ1) is 17.0. The number of hydrogen-bond donors (Lipinski definition) is 2. The van der Waals surface area contributed by atoms with Crippen molar-refractivity contribution in [2.45, 2.75) is 13.3 Å². The zero-order valence-corrected chi connectivity index (χ0v) is 19.7. The molecule has 3 aromatic heterocycles. The van der Waals surface area contributed by atoms with Crippen molar-refractivity contribution < 1.29 is 9.53 Å². The molecule has 5 rings (SSSR count). The lowest BCUT2D eigenvalue weighted by atomic mass is 10.1. The van der Waals surface area contributed by atoms with Gasteiger partial charge in [0.15, 0.2) is 5.65 Å². The smallest absolute Gasteiger partial charge is 0.267 e. The van der Waals surface area contributed by atoms with Crippen LogP contribution in [0.3, 0.4) is 0 Å². The maximum atomic E-state index is 13.4. The van der Waals surface area contributed by atoms with Gasteiger partial charge in [0.2, 0.25) is 0 Å². The van der Waals surface area contributed by atoms with E-state index in [0.717, 1.165) is 44.8 Å². The molecule has 4 heterocycles. The van der Waals surface area contributed by atoms with Crippen LogP contribution in [0.5, 0.6) is 0 Å². The number of ether oxygens (including phenoxy) is 1. The highest BCUT2D eigenvalue weighted by molar-refractivity contribution is 5.97. The number of para-hydroxylation sites is 1. The predicted octanol–water partition coefficient (Wildman–Crippen LogP) is 1.88. The minimum absolute atomic E-state index is 0.0146. The van der Waals surface area contributed by atoms with E-state index in [1.165, 1.54) is 10.5 Å². The van der Waals surface area contributed by atoms with Crippen molar-refractivity contribution in [1.82, 2.24) is 24.2 Å². The van der Waals surface area contributed by atoms with Crippen molar-refractivity contribution in [3.63, 3.8) is 0 Å². The summed E-state index contributed by atoms with van der Waals surface area (Å²) in [6.45, 7) is 6.52. The van der Waals surface area contributed by atoms with Gasteiger partial charge in [-0.2, -0.15) is 0 Å². The molecule has 35 heavy (non-hydrogen) atoms. The van der Waals surface area contributed by atoms with Crippen molar-refractivity contribution in [2.24, 2.45) is 0 Å². The molecule has 1 fully saturated rings. The topological polar surface area (TPSA) is 105 Å². The summed E-state index contributed by atoms with van der Waals surface area (Å²) in [5.74, 6) is -0.378. The first-order valence-corrected chi connectivity index (χ1v) is 11.8. The number of carbonyl (C=O) groups is 1. The summed E-state index contributed by atoms with van der Waals surface area (Å²) in [5.41, 5.74) is 2.23. The normalized spacial score (nSPS) is 14.4. The van der Waals surface area contributed by atoms with Crippen molar-refractivity contribution in [2.75, 3.05) is 39.4 Å². The summed E-state index contributed by atoms with van der Waals surface area (Å²) in [5, 5.41) is 12.1. The molecule has 1 amide bonds. The molecule has 1 aliphatic heterocycles. The Labute approximate surface area is 202 Å². The molecule has 0 bridgehead atoms. The number of hydrogen-bond acceptors (Lipinski definition) is 6. The van der Waals surface area contributed by atoms with Gasteiger partial charge in [0.25, 0.3) is 11.5 Å². The molecule has 2 N–H and O–H groups in total. The molecular formula is C26H28N6O3. The van der Waals surface area contributed by atoms with Crippen LogP contribution >= 0.6 is 0 Å². The van der Waals surface area contributed by atoms with Gasteiger partial charge < -0.3 is 10.1 Å². The number of morpholine rings is 1. The minimum atomic E-state index is -0.378. The average molecular weight is 473 g/mol. The van der Waals surface area contributed by atoms with Gasteiger partial charge in [0, 0.05) is 31.5 Å². The first kappa shape index (κ1) is 22.9. The number of pyridine rings is 2. The molecule has 1 aliphatic rings.